The first-order valence-corrected chi connectivity index (χ1v) is 14.6. The van der Waals surface area contributed by atoms with E-state index < -0.39 is 0 Å². The van der Waals surface area contributed by atoms with Crippen molar-refractivity contribution in [2.75, 3.05) is 7.05 Å². The number of hydrogen-bond donors (Lipinski definition) is 4. The number of hydrogen-bond acceptors (Lipinski definition) is 5. The first kappa shape index (κ1) is 30.8. The molecule has 0 saturated heterocycles. The Labute approximate surface area is 262 Å². The van der Waals surface area contributed by atoms with Crippen LogP contribution in [0.15, 0.2) is 116 Å². The van der Waals surface area contributed by atoms with Crippen LogP contribution in [0.25, 0.3) is 51.7 Å². The molecule has 3 aromatic heterocycles. The lowest BCUT2D eigenvalue weighted by atomic mass is 10.0. The van der Waals surface area contributed by atoms with Gasteiger partial charge in [-0.15, -0.1) is 0 Å². The minimum absolute atomic E-state index is 0.328. The van der Waals surface area contributed by atoms with Gasteiger partial charge in [0.05, 0.1) is 16.6 Å². The molecule has 2 aromatic carbocycles. The number of nitrogens with zero attached hydrogens (tertiary/aromatic N) is 3. The van der Waals surface area contributed by atoms with E-state index in [9.17, 15) is 4.39 Å². The highest BCUT2D eigenvalue weighted by Gasteiger charge is 2.16. The number of aromatic nitrogens is 5. The molecule has 0 aliphatic heterocycles. The quantitative estimate of drug-likeness (QED) is 0.134. The van der Waals surface area contributed by atoms with E-state index in [2.05, 4.69) is 50.5 Å². The maximum absolute atomic E-state index is 14.5. The first-order chi connectivity index (χ1) is 21.8. The van der Waals surface area contributed by atoms with Crippen LogP contribution in [0.1, 0.15) is 25.0 Å². The van der Waals surface area contributed by atoms with Gasteiger partial charge in [-0.25, -0.2) is 9.37 Å². The molecular formula is C37H36FN7. The van der Waals surface area contributed by atoms with Gasteiger partial charge in [0.1, 0.15) is 17.0 Å². The number of rotatable bonds is 11. The third-order valence-corrected chi connectivity index (χ3v) is 7.31. The molecule has 0 bridgehead atoms. The van der Waals surface area contributed by atoms with Crippen molar-refractivity contribution in [2.45, 2.75) is 20.4 Å². The van der Waals surface area contributed by atoms with Gasteiger partial charge < -0.3 is 15.6 Å². The predicted molar refractivity (Wildman–Crippen MR) is 183 cm³/mol. The molecule has 0 saturated carbocycles. The Hall–Kier alpha value is -5.60. The van der Waals surface area contributed by atoms with E-state index in [1.54, 1.807) is 12.3 Å². The highest BCUT2D eigenvalue weighted by molar-refractivity contribution is 5.91. The molecule has 0 fully saturated rings. The number of pyridine rings is 1. The summed E-state index contributed by atoms with van der Waals surface area (Å²) in [7, 11) is 1.83. The molecule has 0 aliphatic rings. The Kier molecular flexibility index (Phi) is 9.46. The summed E-state index contributed by atoms with van der Waals surface area (Å²) in [6.07, 6.45) is 11.3. The van der Waals surface area contributed by atoms with E-state index in [1.807, 2.05) is 87.7 Å². The van der Waals surface area contributed by atoms with Crippen molar-refractivity contribution in [3.05, 3.63) is 143 Å². The average Bonchev–Trinajstić information content (AvgIpc) is 3.66. The van der Waals surface area contributed by atoms with Crippen LogP contribution in [0.3, 0.4) is 0 Å². The number of H-pyrrole nitrogens is 2. The third kappa shape index (κ3) is 6.82. The van der Waals surface area contributed by atoms with E-state index in [1.165, 1.54) is 12.1 Å². The normalized spacial score (nSPS) is 13.0. The highest BCUT2D eigenvalue weighted by atomic mass is 19.1. The van der Waals surface area contributed by atoms with Crippen molar-refractivity contribution in [1.82, 2.24) is 35.8 Å². The topological polar surface area (TPSA) is 94.3 Å². The molecule has 0 spiro atoms. The third-order valence-electron chi connectivity index (χ3n) is 7.31. The molecule has 5 rings (SSSR count). The van der Waals surface area contributed by atoms with Crippen LogP contribution in [0.4, 0.5) is 4.39 Å². The standard InChI is InChI=1S/C37H36FN7/c1-7-26(21-30(8-2)41-24(5)27-13-11-10-12-14-27)23(4)17-31-32(9-3)44-45-35(31)37-42-33-15-16-40-34(36(33)43-37)28-18-25(22-39-6)19-29(38)20-28/h7-21,39,41,44H,2,4-5,22H2,1,3,6H3,(H,42,43)/b26-7+,30-21+,31-17+,32-9+. The fourth-order valence-electron chi connectivity index (χ4n) is 5.08. The van der Waals surface area contributed by atoms with E-state index in [0.29, 0.717) is 34.8 Å². The first-order valence-electron chi connectivity index (χ1n) is 14.6. The van der Waals surface area contributed by atoms with Gasteiger partial charge >= 0.3 is 0 Å². The Morgan fingerprint density at radius 3 is 2.56 bits per heavy atom. The summed E-state index contributed by atoms with van der Waals surface area (Å²) in [5, 5.41) is 15.8. The fourth-order valence-corrected chi connectivity index (χ4v) is 5.08. The molecule has 45 heavy (non-hydrogen) atoms. The molecule has 0 unspecified atom stereocenters. The summed E-state index contributed by atoms with van der Waals surface area (Å²) in [5.74, 6) is 0.228. The zero-order valence-corrected chi connectivity index (χ0v) is 25.7. The number of fused-ring (bicyclic) bond motifs is 1. The summed E-state index contributed by atoms with van der Waals surface area (Å²) in [6.45, 7) is 17.0. The fraction of sp³-hybridized carbons (Fsp3) is 0.108. The van der Waals surface area contributed by atoms with Crippen molar-refractivity contribution >= 4 is 28.9 Å². The van der Waals surface area contributed by atoms with E-state index in [4.69, 9.17) is 4.98 Å². The molecule has 0 aliphatic carbocycles. The molecular weight excluding hydrogens is 561 g/mol. The second kappa shape index (κ2) is 13.8. The highest BCUT2D eigenvalue weighted by Crippen LogP contribution is 2.28. The number of allylic oxidation sites excluding steroid dienone is 5. The van der Waals surface area contributed by atoms with Gasteiger partial charge in [0, 0.05) is 34.9 Å². The van der Waals surface area contributed by atoms with E-state index >= 15 is 0 Å². The maximum Gasteiger partial charge on any atom is 0.159 e. The molecule has 4 N–H and O–H groups in total. The van der Waals surface area contributed by atoms with Crippen molar-refractivity contribution in [3.63, 3.8) is 0 Å². The molecule has 226 valence electrons. The zero-order chi connectivity index (χ0) is 31.9. The van der Waals surface area contributed by atoms with Gasteiger partial charge in [0.15, 0.2) is 5.82 Å². The second-order valence-corrected chi connectivity index (χ2v) is 10.4. The van der Waals surface area contributed by atoms with Gasteiger partial charge in [-0.2, -0.15) is 5.10 Å². The average molecular weight is 598 g/mol. The molecule has 0 amide bonds. The lowest BCUT2D eigenvalue weighted by Crippen LogP contribution is -2.24. The van der Waals surface area contributed by atoms with Gasteiger partial charge in [-0.3, -0.25) is 10.1 Å². The van der Waals surface area contributed by atoms with Gasteiger partial charge in [-0.1, -0.05) is 62.2 Å². The van der Waals surface area contributed by atoms with Crippen LogP contribution in [0.2, 0.25) is 0 Å². The summed E-state index contributed by atoms with van der Waals surface area (Å²) in [4.78, 5) is 12.9. The predicted octanol–water partition coefficient (Wildman–Crippen LogP) is 6.29. The Morgan fingerprint density at radius 1 is 1.04 bits per heavy atom. The second-order valence-electron chi connectivity index (χ2n) is 10.4. The van der Waals surface area contributed by atoms with Gasteiger partial charge in [0.25, 0.3) is 0 Å². The summed E-state index contributed by atoms with van der Waals surface area (Å²) < 4.78 is 14.5. The molecule has 0 radical (unpaired) electrons. The summed E-state index contributed by atoms with van der Waals surface area (Å²) >= 11 is 0. The zero-order valence-electron chi connectivity index (χ0n) is 25.7. The Morgan fingerprint density at radius 2 is 1.84 bits per heavy atom. The number of nitrogens with one attached hydrogen (secondary N) is 4. The number of benzene rings is 2. The van der Waals surface area contributed by atoms with Gasteiger partial charge in [0.2, 0.25) is 0 Å². The van der Waals surface area contributed by atoms with Crippen molar-refractivity contribution < 1.29 is 4.39 Å². The van der Waals surface area contributed by atoms with E-state index in [-0.39, 0.29) is 5.82 Å². The number of imidazole rings is 1. The SMILES string of the molecule is C=C/C(=C\C(=C/C)C(=C)/C=c1/c(-c2nc3c(-c4cc(F)cc(CNC)c4)nccc3[nH]2)n[nH]/c1=C/C)NC(=C)c1ccccc1. The number of halogens is 1. The maximum atomic E-state index is 14.5. The molecule has 8 heteroatoms. The summed E-state index contributed by atoms with van der Waals surface area (Å²) in [5.41, 5.74) is 8.28. The Bertz CT molecular complexity index is 2080. The van der Waals surface area contributed by atoms with Crippen LogP contribution in [0, 0.1) is 5.82 Å². The van der Waals surface area contributed by atoms with Crippen molar-refractivity contribution in [2.24, 2.45) is 0 Å². The molecule has 3 heterocycles. The molecule has 5 aromatic rings. The smallest absolute Gasteiger partial charge is 0.159 e. The number of aromatic amines is 2. The van der Waals surface area contributed by atoms with Crippen LogP contribution < -0.4 is 21.2 Å². The molecule has 0 atom stereocenters. The lowest BCUT2D eigenvalue weighted by Gasteiger charge is -2.12. The molecule has 7 nitrogen and oxygen atoms in total. The van der Waals surface area contributed by atoms with Crippen LogP contribution in [0.5, 0.6) is 0 Å². The minimum atomic E-state index is -0.328. The van der Waals surface area contributed by atoms with Gasteiger partial charge in [-0.05, 0) is 85.7 Å². The van der Waals surface area contributed by atoms with E-state index in [0.717, 1.165) is 49.8 Å². The van der Waals surface area contributed by atoms with Crippen molar-refractivity contribution in [1.29, 1.82) is 0 Å². The van der Waals surface area contributed by atoms with Crippen LogP contribution in [-0.4, -0.2) is 32.2 Å². The Balaban J connectivity index is 1.52. The summed E-state index contributed by atoms with van der Waals surface area (Å²) in [6, 6.07) is 16.7. The minimum Gasteiger partial charge on any atom is -0.356 e. The lowest BCUT2D eigenvalue weighted by molar-refractivity contribution is 0.624. The van der Waals surface area contributed by atoms with Crippen LogP contribution >= 0.6 is 0 Å². The largest absolute Gasteiger partial charge is 0.356 e. The van der Waals surface area contributed by atoms with Crippen LogP contribution in [-0.2, 0) is 6.54 Å². The van der Waals surface area contributed by atoms with Crippen molar-refractivity contribution in [3.8, 4) is 22.8 Å². The monoisotopic (exact) mass is 597 g/mol.